The van der Waals surface area contributed by atoms with E-state index in [1.165, 1.54) is 29.7 Å². The average Bonchev–Trinajstić information content (AvgIpc) is 3.48. The molecule has 1 saturated heterocycles. The first kappa shape index (κ1) is 30.8. The number of piperidine rings is 1. The number of thiazole rings is 1. The molecule has 1 aromatic carbocycles. The van der Waals surface area contributed by atoms with Crippen molar-refractivity contribution in [2.24, 2.45) is 5.92 Å². The monoisotopic (exact) mass is 626 g/mol. The topological polar surface area (TPSA) is 77.3 Å². The minimum absolute atomic E-state index is 0.131. The zero-order chi connectivity index (χ0) is 30.7. The van der Waals surface area contributed by atoms with E-state index < -0.39 is 6.43 Å². The molecule has 43 heavy (non-hydrogen) atoms. The van der Waals surface area contributed by atoms with Crippen LogP contribution in [0.2, 0.25) is 5.02 Å². The molecule has 4 aromatic rings. The van der Waals surface area contributed by atoms with Gasteiger partial charge >= 0.3 is 0 Å². The van der Waals surface area contributed by atoms with Gasteiger partial charge in [-0.25, -0.2) is 13.8 Å². The van der Waals surface area contributed by atoms with Gasteiger partial charge in [0.25, 0.3) is 17.9 Å². The minimum atomic E-state index is -2.67. The molecule has 1 aliphatic heterocycles. The molecule has 1 aliphatic rings. The van der Waals surface area contributed by atoms with E-state index in [0.29, 0.717) is 70.1 Å². The van der Waals surface area contributed by atoms with Gasteiger partial charge in [0.05, 0.1) is 29.1 Å². The Bertz CT molecular complexity index is 1660. The number of halogens is 3. The largest absolute Gasteiger partial charge is 0.492 e. The fourth-order valence-corrected chi connectivity index (χ4v) is 6.26. The number of alkyl halides is 2. The Balaban J connectivity index is 1.74. The molecule has 11 heteroatoms. The van der Waals surface area contributed by atoms with Gasteiger partial charge in [0.15, 0.2) is 0 Å². The molecule has 1 amide bonds. The molecule has 0 saturated carbocycles. The number of hydrogen-bond donors (Lipinski definition) is 0. The van der Waals surface area contributed by atoms with Crippen molar-refractivity contribution in [1.29, 1.82) is 0 Å². The normalized spacial score (nSPS) is 13.6. The lowest BCUT2D eigenvalue weighted by Crippen LogP contribution is -2.38. The van der Waals surface area contributed by atoms with Crippen LogP contribution in [0.1, 0.15) is 68.2 Å². The van der Waals surface area contributed by atoms with Gasteiger partial charge in [-0.3, -0.25) is 19.1 Å². The number of carbonyl (C=O) groups excluding carboxylic acids is 1. The molecule has 7 nitrogen and oxygen atoms in total. The number of ether oxygens (including phenoxy) is 1. The van der Waals surface area contributed by atoms with Crippen molar-refractivity contribution in [3.8, 4) is 33.3 Å². The Morgan fingerprint density at radius 1 is 1.12 bits per heavy atom. The Morgan fingerprint density at radius 2 is 1.88 bits per heavy atom. The molecule has 0 N–H and O–H groups in total. The molecule has 4 heterocycles. The summed E-state index contributed by atoms with van der Waals surface area (Å²) in [6.07, 6.45) is 2.06. The van der Waals surface area contributed by atoms with Crippen LogP contribution in [0.25, 0.3) is 27.5 Å². The number of hydrogen-bond acceptors (Lipinski definition) is 6. The van der Waals surface area contributed by atoms with Gasteiger partial charge in [0.2, 0.25) is 0 Å². The number of aromatic nitrogens is 3. The van der Waals surface area contributed by atoms with Crippen LogP contribution in [0.5, 0.6) is 5.75 Å². The van der Waals surface area contributed by atoms with E-state index in [0.717, 1.165) is 19.3 Å². The molecule has 3 aromatic heterocycles. The SMILES string of the molecule is CCOc1ccc(Cl)cc1-n1c(CC(C)C)c(C(=O)N2CCCCC2)cc(-c2nc(-c3ccc(C(F)F)nc3)cs2)c1=O. The van der Waals surface area contributed by atoms with Crippen LogP contribution in [0, 0.1) is 5.92 Å². The predicted octanol–water partition coefficient (Wildman–Crippen LogP) is 7.84. The summed E-state index contributed by atoms with van der Waals surface area (Å²) in [5.41, 5.74) is 2.08. The van der Waals surface area contributed by atoms with Crippen LogP contribution < -0.4 is 10.3 Å². The lowest BCUT2D eigenvalue weighted by atomic mass is 9.98. The summed E-state index contributed by atoms with van der Waals surface area (Å²) in [4.78, 5) is 39.0. The van der Waals surface area contributed by atoms with Crippen LogP contribution in [-0.2, 0) is 6.42 Å². The molecule has 226 valence electrons. The number of nitrogens with zero attached hydrogens (tertiary/aromatic N) is 4. The average molecular weight is 627 g/mol. The third-order valence-electron chi connectivity index (χ3n) is 7.28. The molecule has 0 atom stereocenters. The lowest BCUT2D eigenvalue weighted by molar-refractivity contribution is 0.0722. The summed E-state index contributed by atoms with van der Waals surface area (Å²) >= 11 is 7.69. The van der Waals surface area contributed by atoms with Crippen molar-refractivity contribution < 1.29 is 18.3 Å². The molecule has 0 bridgehead atoms. The zero-order valence-corrected chi connectivity index (χ0v) is 25.9. The molecular weight excluding hydrogens is 594 g/mol. The summed E-state index contributed by atoms with van der Waals surface area (Å²) < 4.78 is 33.6. The number of carbonyl (C=O) groups is 1. The lowest BCUT2D eigenvalue weighted by Gasteiger charge is -2.29. The van der Waals surface area contributed by atoms with Crippen molar-refractivity contribution in [3.63, 3.8) is 0 Å². The van der Waals surface area contributed by atoms with Gasteiger partial charge < -0.3 is 9.64 Å². The maximum Gasteiger partial charge on any atom is 0.280 e. The van der Waals surface area contributed by atoms with Gasteiger partial charge in [-0.1, -0.05) is 25.4 Å². The quantitative estimate of drug-likeness (QED) is 0.189. The molecule has 0 radical (unpaired) electrons. The van der Waals surface area contributed by atoms with Crippen molar-refractivity contribution in [3.05, 3.63) is 80.3 Å². The van der Waals surface area contributed by atoms with Crippen molar-refractivity contribution in [2.45, 2.75) is 52.9 Å². The van der Waals surface area contributed by atoms with Gasteiger partial charge in [-0.05, 0) is 74.9 Å². The van der Waals surface area contributed by atoms with Crippen LogP contribution in [-0.4, -0.2) is 45.0 Å². The molecule has 5 rings (SSSR count). The second kappa shape index (κ2) is 13.3. The highest BCUT2D eigenvalue weighted by Crippen LogP contribution is 2.33. The second-order valence-corrected chi connectivity index (χ2v) is 12.2. The Morgan fingerprint density at radius 3 is 2.53 bits per heavy atom. The van der Waals surface area contributed by atoms with E-state index in [-0.39, 0.29) is 28.6 Å². The molecule has 0 aliphatic carbocycles. The number of benzene rings is 1. The minimum Gasteiger partial charge on any atom is -0.492 e. The Labute approximate surface area is 258 Å². The highest BCUT2D eigenvalue weighted by atomic mass is 35.5. The van der Waals surface area contributed by atoms with Gasteiger partial charge in [-0.15, -0.1) is 11.3 Å². The number of rotatable bonds is 9. The zero-order valence-electron chi connectivity index (χ0n) is 24.3. The summed E-state index contributed by atoms with van der Waals surface area (Å²) in [5, 5.41) is 2.57. The summed E-state index contributed by atoms with van der Waals surface area (Å²) in [6.45, 7) is 7.62. The number of likely N-dealkylation sites (tertiary alicyclic amines) is 1. The fraction of sp³-hybridized carbons (Fsp3) is 0.375. The van der Waals surface area contributed by atoms with Crippen LogP contribution >= 0.6 is 22.9 Å². The van der Waals surface area contributed by atoms with E-state index in [1.807, 2.05) is 25.7 Å². The van der Waals surface area contributed by atoms with Gasteiger partial charge in [0, 0.05) is 40.9 Å². The molecule has 0 unspecified atom stereocenters. The molecule has 0 spiro atoms. The standard InChI is InChI=1S/C32H33ClF2N4O3S/c1-4-42-28-11-9-21(33)15-27(28)39-26(14-19(2)3)22(31(40)38-12-6-5-7-13-38)16-23(32(39)41)30-37-25(18-43-30)20-8-10-24(29(34)35)36-17-20/h8-11,15-19,29H,4-7,12-14H2,1-3H3. The third-order valence-corrected chi connectivity index (χ3v) is 8.39. The van der Waals surface area contributed by atoms with Gasteiger partial charge in [0.1, 0.15) is 16.5 Å². The first-order valence-electron chi connectivity index (χ1n) is 14.4. The Hall–Kier alpha value is -3.63. The predicted molar refractivity (Wildman–Crippen MR) is 166 cm³/mol. The van der Waals surface area contributed by atoms with Gasteiger partial charge in [-0.2, -0.15) is 0 Å². The van der Waals surface area contributed by atoms with E-state index in [4.69, 9.17) is 21.3 Å². The van der Waals surface area contributed by atoms with E-state index in [9.17, 15) is 18.4 Å². The maximum absolute atomic E-state index is 14.5. The van der Waals surface area contributed by atoms with E-state index >= 15 is 0 Å². The number of pyridine rings is 2. The first-order chi connectivity index (χ1) is 20.7. The summed E-state index contributed by atoms with van der Waals surface area (Å²) in [5.74, 6) is 0.473. The van der Waals surface area contributed by atoms with E-state index in [1.54, 1.807) is 34.2 Å². The molecule has 1 fully saturated rings. The van der Waals surface area contributed by atoms with Crippen LogP contribution in [0.3, 0.4) is 0 Å². The van der Waals surface area contributed by atoms with E-state index in [2.05, 4.69) is 4.98 Å². The van der Waals surface area contributed by atoms with Crippen molar-refractivity contribution in [2.75, 3.05) is 19.7 Å². The Kier molecular flexibility index (Phi) is 9.56. The smallest absolute Gasteiger partial charge is 0.280 e. The number of amides is 1. The maximum atomic E-state index is 14.5. The fourth-order valence-electron chi connectivity index (χ4n) is 5.26. The third kappa shape index (κ3) is 6.65. The first-order valence-corrected chi connectivity index (χ1v) is 15.6. The summed E-state index contributed by atoms with van der Waals surface area (Å²) in [7, 11) is 0. The highest BCUT2D eigenvalue weighted by molar-refractivity contribution is 7.13. The highest BCUT2D eigenvalue weighted by Gasteiger charge is 2.28. The second-order valence-electron chi connectivity index (χ2n) is 10.9. The van der Waals surface area contributed by atoms with Crippen molar-refractivity contribution >= 4 is 28.8 Å². The summed E-state index contributed by atoms with van der Waals surface area (Å²) in [6, 6.07) is 9.56. The van der Waals surface area contributed by atoms with Crippen LogP contribution in [0.4, 0.5) is 8.78 Å². The van der Waals surface area contributed by atoms with Crippen molar-refractivity contribution in [1.82, 2.24) is 19.4 Å². The molecular formula is C32H33ClF2N4O3S. The van der Waals surface area contributed by atoms with Crippen LogP contribution in [0.15, 0.2) is 52.8 Å².